The highest BCUT2D eigenvalue weighted by atomic mass is 32.1. The summed E-state index contributed by atoms with van der Waals surface area (Å²) in [6.07, 6.45) is 0. The van der Waals surface area contributed by atoms with E-state index < -0.39 is 0 Å². The minimum absolute atomic E-state index is 0.603. The zero-order valence-electron chi connectivity index (χ0n) is 46.9. The van der Waals surface area contributed by atoms with Gasteiger partial charge >= 0.3 is 0 Å². The van der Waals surface area contributed by atoms with E-state index in [-0.39, 0.29) is 0 Å². The number of aromatic nitrogens is 5. The highest BCUT2D eigenvalue weighted by molar-refractivity contribution is 7.26. The monoisotopic (exact) mass is 1170 g/mol. The fourth-order valence-corrected chi connectivity index (χ4v) is 17.6. The lowest BCUT2D eigenvalue weighted by Crippen LogP contribution is -2.08. The Balaban J connectivity index is 0.845. The molecule has 0 N–H and O–H groups in total. The Bertz CT molecular complexity index is 6400. The maximum Gasteiger partial charge on any atom is 0.237 e. The molecule has 7 aromatic heterocycles. The van der Waals surface area contributed by atoms with Gasteiger partial charge in [-0.1, -0.05) is 164 Å². The van der Waals surface area contributed by atoms with E-state index in [1.54, 1.807) is 0 Å². The van der Waals surface area contributed by atoms with Crippen LogP contribution in [0, 0.1) is 0 Å². The van der Waals surface area contributed by atoms with Crippen LogP contribution in [0.5, 0.6) is 0 Å². The molecule has 88 heavy (non-hydrogen) atoms. The number of para-hydroxylation sites is 3. The molecule has 0 unspecified atom stereocenters. The summed E-state index contributed by atoms with van der Waals surface area (Å²) in [5.74, 6) is 1.41. The van der Waals surface area contributed by atoms with Gasteiger partial charge in [-0.25, -0.2) is 4.98 Å². The van der Waals surface area contributed by atoms with Gasteiger partial charge in [0.1, 0.15) is 0 Å². The molecule has 8 heteroatoms. The Morgan fingerprint density at radius 3 is 1.02 bits per heavy atom. The van der Waals surface area contributed by atoms with Crippen LogP contribution < -0.4 is 0 Å². The molecule has 0 fully saturated rings. The van der Waals surface area contributed by atoms with E-state index in [0.717, 1.165) is 88.2 Å². The summed E-state index contributed by atoms with van der Waals surface area (Å²) in [5, 5.41) is 15.7. The van der Waals surface area contributed by atoms with Gasteiger partial charge in [0, 0.05) is 104 Å². The van der Waals surface area contributed by atoms with Crippen LogP contribution in [0.25, 0.3) is 188 Å². The second-order valence-corrected chi connectivity index (χ2v) is 26.5. The van der Waals surface area contributed by atoms with Crippen molar-refractivity contribution in [2.45, 2.75) is 0 Å². The standard InChI is InChI=1S/C80H45N5S3/c1-7-19-67-53(13-1)56-32-25-49(46-28-36-76-62(39-46)59-16-4-10-22-73(59)86-76)42-70(56)83(67)52-31-35-66-65(45-52)79(84-68-20-8-2-14-54(68)57-33-26-50(43-71(57)84)47-29-37-77-63(40-47)60-17-5-11-23-74(60)87-77)82-80(81-66)85-69-21-9-3-15-55(69)58-34-27-51(44-72(58)85)48-30-38-78-64(41-48)61-18-6-12-24-75(61)88-78/h1-45H. The average molecular weight is 1170 g/mol. The Morgan fingerprint density at radius 1 is 0.216 bits per heavy atom. The zero-order valence-corrected chi connectivity index (χ0v) is 49.4. The first-order chi connectivity index (χ1) is 43.6. The third-order valence-corrected chi connectivity index (χ3v) is 21.9. The van der Waals surface area contributed by atoms with Gasteiger partial charge in [0.25, 0.3) is 0 Å². The molecule has 5 nitrogen and oxygen atoms in total. The molecular formula is C80H45N5S3. The minimum atomic E-state index is 0.603. The van der Waals surface area contributed by atoms with Crippen LogP contribution in [0.15, 0.2) is 273 Å². The molecule has 0 saturated heterocycles. The highest BCUT2D eigenvalue weighted by Gasteiger charge is 2.24. The van der Waals surface area contributed by atoms with Crippen molar-refractivity contribution in [3.8, 4) is 50.8 Å². The normalized spacial score (nSPS) is 12.3. The molecule has 20 aromatic rings. The molecule has 0 aliphatic carbocycles. The number of fused-ring (bicyclic) bond motifs is 19. The van der Waals surface area contributed by atoms with E-state index in [9.17, 15) is 0 Å². The van der Waals surface area contributed by atoms with Crippen molar-refractivity contribution in [1.82, 2.24) is 23.7 Å². The number of benzene rings is 13. The zero-order chi connectivity index (χ0) is 57.3. The van der Waals surface area contributed by atoms with Crippen molar-refractivity contribution < 1.29 is 0 Å². The lowest BCUT2D eigenvalue weighted by molar-refractivity contribution is 0.972. The molecule has 0 bridgehead atoms. The first kappa shape index (κ1) is 48.5. The number of nitrogens with zero attached hydrogens (tertiary/aromatic N) is 5. The summed E-state index contributed by atoms with van der Waals surface area (Å²) in [5.41, 5.74) is 15.4. The van der Waals surface area contributed by atoms with Crippen LogP contribution in [0.2, 0.25) is 0 Å². The fraction of sp³-hybridized carbons (Fsp3) is 0. The van der Waals surface area contributed by atoms with E-state index in [1.807, 2.05) is 34.0 Å². The summed E-state index contributed by atoms with van der Waals surface area (Å²) < 4.78 is 15.0. The summed E-state index contributed by atoms with van der Waals surface area (Å²) in [6, 6.07) is 101. The predicted octanol–water partition coefficient (Wildman–Crippen LogP) is 23.0. The van der Waals surface area contributed by atoms with E-state index in [1.165, 1.54) is 93.5 Å². The van der Waals surface area contributed by atoms with Crippen molar-refractivity contribution in [2.24, 2.45) is 0 Å². The largest absolute Gasteiger partial charge is 0.309 e. The third kappa shape index (κ3) is 7.07. The van der Waals surface area contributed by atoms with Crippen LogP contribution in [0.3, 0.4) is 0 Å². The number of thiophene rings is 3. The molecule has 0 spiro atoms. The molecule has 7 heterocycles. The molecular weight excluding hydrogens is 1130 g/mol. The smallest absolute Gasteiger partial charge is 0.237 e. The lowest BCUT2D eigenvalue weighted by Gasteiger charge is -2.16. The van der Waals surface area contributed by atoms with Crippen LogP contribution >= 0.6 is 34.0 Å². The van der Waals surface area contributed by atoms with Gasteiger partial charge in [-0.15, -0.1) is 34.0 Å². The molecule has 0 aliphatic heterocycles. The SMILES string of the molecule is c1ccc2c(c1)sc1ccc(-c3ccc4c5ccccc5n(-c5ccc6nc(-n7c8ccccc8c8ccc(-c9ccc%10sc%11ccccc%11c%10c9)cc87)nc(-n7c8ccccc8c8ccc(-c9ccc%10sc%11ccccc%11c%10c9)cc87)c6c5)c4c3)cc12. The van der Waals surface area contributed by atoms with Crippen molar-refractivity contribution in [3.63, 3.8) is 0 Å². The topological polar surface area (TPSA) is 40.6 Å². The molecule has 408 valence electrons. The van der Waals surface area contributed by atoms with Crippen LogP contribution in [0.1, 0.15) is 0 Å². The minimum Gasteiger partial charge on any atom is -0.309 e. The van der Waals surface area contributed by atoms with Crippen molar-refractivity contribution in [2.75, 3.05) is 0 Å². The molecule has 0 saturated carbocycles. The van der Waals surface area contributed by atoms with Gasteiger partial charge in [0.2, 0.25) is 5.95 Å². The number of rotatable bonds is 6. The molecule has 0 radical (unpaired) electrons. The van der Waals surface area contributed by atoms with E-state index in [2.05, 4.69) is 287 Å². The van der Waals surface area contributed by atoms with Crippen LogP contribution in [-0.2, 0) is 0 Å². The van der Waals surface area contributed by atoms with Crippen LogP contribution in [0.4, 0.5) is 0 Å². The maximum absolute atomic E-state index is 5.98. The highest BCUT2D eigenvalue weighted by Crippen LogP contribution is 2.45. The van der Waals surface area contributed by atoms with Crippen molar-refractivity contribution in [1.29, 1.82) is 0 Å². The molecule has 13 aromatic carbocycles. The van der Waals surface area contributed by atoms with Crippen LogP contribution in [-0.4, -0.2) is 23.7 Å². The first-order valence-electron chi connectivity index (χ1n) is 29.8. The summed E-state index contributed by atoms with van der Waals surface area (Å²) in [4.78, 5) is 11.7. The summed E-state index contributed by atoms with van der Waals surface area (Å²) in [6.45, 7) is 0. The molecule has 0 aliphatic rings. The predicted molar refractivity (Wildman–Crippen MR) is 378 cm³/mol. The summed E-state index contributed by atoms with van der Waals surface area (Å²) >= 11 is 5.56. The van der Waals surface area contributed by atoms with Gasteiger partial charge in [0.05, 0.1) is 38.6 Å². The van der Waals surface area contributed by atoms with Gasteiger partial charge in [-0.05, 0) is 143 Å². The van der Waals surface area contributed by atoms with Gasteiger partial charge in [-0.3, -0.25) is 9.13 Å². The lowest BCUT2D eigenvalue weighted by atomic mass is 10.0. The number of hydrogen-bond donors (Lipinski definition) is 0. The Hall–Kier alpha value is -10.7. The van der Waals surface area contributed by atoms with Crippen molar-refractivity contribution >= 4 is 171 Å². The molecule has 20 rings (SSSR count). The Labute approximate surface area is 514 Å². The van der Waals surface area contributed by atoms with E-state index in [4.69, 9.17) is 9.97 Å². The van der Waals surface area contributed by atoms with Crippen molar-refractivity contribution in [3.05, 3.63) is 273 Å². The van der Waals surface area contributed by atoms with E-state index >= 15 is 0 Å². The third-order valence-electron chi connectivity index (χ3n) is 18.5. The van der Waals surface area contributed by atoms with E-state index in [0.29, 0.717) is 5.95 Å². The average Bonchev–Trinajstić information content (AvgIpc) is 1.80. The first-order valence-corrected chi connectivity index (χ1v) is 32.2. The summed E-state index contributed by atoms with van der Waals surface area (Å²) in [7, 11) is 0. The quantitative estimate of drug-likeness (QED) is 0.166. The molecule has 0 amide bonds. The molecule has 0 atom stereocenters. The second-order valence-electron chi connectivity index (χ2n) is 23.2. The second kappa shape index (κ2) is 18.4. The maximum atomic E-state index is 5.98. The Kier molecular flexibility index (Phi) is 10.1. The fourth-order valence-electron chi connectivity index (χ4n) is 14.4. The van der Waals surface area contributed by atoms with Gasteiger partial charge in [0.15, 0.2) is 5.82 Å². The van der Waals surface area contributed by atoms with Gasteiger partial charge < -0.3 is 4.57 Å². The van der Waals surface area contributed by atoms with Gasteiger partial charge in [-0.2, -0.15) is 4.98 Å². The Morgan fingerprint density at radius 2 is 0.557 bits per heavy atom. The number of hydrogen-bond acceptors (Lipinski definition) is 5.